The average molecular weight is 395 g/mol. The van der Waals surface area contributed by atoms with Gasteiger partial charge in [0.15, 0.2) is 9.84 Å². The summed E-state index contributed by atoms with van der Waals surface area (Å²) in [6.07, 6.45) is 17.6. The first-order valence-corrected chi connectivity index (χ1v) is 12.5. The number of rotatable bonds is 18. The van der Waals surface area contributed by atoms with Gasteiger partial charge in [-0.3, -0.25) is 4.79 Å². The maximum atomic E-state index is 12.0. The molecular formula is C20H39ClO3S. The molecule has 0 aromatic heterocycles. The fraction of sp³-hybridized carbons (Fsp3) is 0.950. The van der Waals surface area contributed by atoms with E-state index in [-0.39, 0.29) is 12.2 Å². The van der Waals surface area contributed by atoms with Crippen molar-refractivity contribution in [2.45, 2.75) is 115 Å². The van der Waals surface area contributed by atoms with E-state index < -0.39 is 20.3 Å². The summed E-state index contributed by atoms with van der Waals surface area (Å²) < 4.78 is 24.0. The molecule has 3 nitrogen and oxygen atoms in total. The van der Waals surface area contributed by atoms with E-state index in [1.807, 2.05) is 0 Å². The normalized spacial score (nSPS) is 13.1. The minimum absolute atomic E-state index is 0.0853. The fourth-order valence-electron chi connectivity index (χ4n) is 3.20. The van der Waals surface area contributed by atoms with Crippen LogP contribution in [0.4, 0.5) is 0 Å². The summed E-state index contributed by atoms with van der Waals surface area (Å²) in [4.78, 5) is 11.2. The van der Waals surface area contributed by atoms with Gasteiger partial charge in [0, 0.05) is 0 Å². The molecule has 5 heteroatoms. The molecule has 25 heavy (non-hydrogen) atoms. The summed E-state index contributed by atoms with van der Waals surface area (Å²) in [5.74, 6) is 0.0853. The van der Waals surface area contributed by atoms with E-state index >= 15 is 0 Å². The Morgan fingerprint density at radius 3 is 1.40 bits per heavy atom. The first-order valence-electron chi connectivity index (χ1n) is 10.4. The van der Waals surface area contributed by atoms with Crippen LogP contribution in [0.25, 0.3) is 0 Å². The van der Waals surface area contributed by atoms with Crippen molar-refractivity contribution in [1.82, 2.24) is 0 Å². The predicted octanol–water partition coefficient (Wildman–Crippen LogP) is 6.43. The van der Waals surface area contributed by atoms with Crippen LogP contribution >= 0.6 is 11.6 Å². The fourth-order valence-corrected chi connectivity index (χ4v) is 5.44. The van der Waals surface area contributed by atoms with Crippen molar-refractivity contribution in [2.75, 3.05) is 5.75 Å². The maximum absolute atomic E-state index is 12.0. The van der Waals surface area contributed by atoms with Gasteiger partial charge in [0.25, 0.3) is 0 Å². The average Bonchev–Trinajstić information content (AvgIpc) is 2.55. The van der Waals surface area contributed by atoms with Gasteiger partial charge in [-0.1, -0.05) is 97.3 Å². The number of hydrogen-bond donors (Lipinski definition) is 0. The number of sulfone groups is 1. The molecule has 0 aliphatic carbocycles. The van der Waals surface area contributed by atoms with Crippen LogP contribution in [-0.4, -0.2) is 24.7 Å². The summed E-state index contributed by atoms with van der Waals surface area (Å²) in [5, 5.41) is -1.76. The molecular weight excluding hydrogens is 356 g/mol. The van der Waals surface area contributed by atoms with Gasteiger partial charge in [-0.25, -0.2) is 8.42 Å². The second-order valence-electron chi connectivity index (χ2n) is 7.16. The van der Waals surface area contributed by atoms with E-state index in [1.165, 1.54) is 70.6 Å². The summed E-state index contributed by atoms with van der Waals surface area (Å²) in [6, 6.07) is 0. The Morgan fingerprint density at radius 1 is 0.720 bits per heavy atom. The van der Waals surface area contributed by atoms with Crippen LogP contribution in [0.15, 0.2) is 0 Å². The molecule has 0 fully saturated rings. The minimum atomic E-state index is -3.37. The van der Waals surface area contributed by atoms with E-state index in [0.29, 0.717) is 6.42 Å². The molecule has 1 unspecified atom stereocenters. The van der Waals surface area contributed by atoms with E-state index in [4.69, 9.17) is 11.6 Å². The van der Waals surface area contributed by atoms with E-state index in [0.717, 1.165) is 12.8 Å². The second kappa shape index (κ2) is 16.1. The lowest BCUT2D eigenvalue weighted by atomic mass is 10.0. The highest BCUT2D eigenvalue weighted by Gasteiger charge is 2.28. The van der Waals surface area contributed by atoms with Gasteiger partial charge in [0.1, 0.15) is 5.25 Å². The quantitative estimate of drug-likeness (QED) is 0.199. The molecule has 0 spiro atoms. The monoisotopic (exact) mass is 394 g/mol. The number of halogens is 1. The number of hydrogen-bond acceptors (Lipinski definition) is 3. The van der Waals surface area contributed by atoms with Crippen molar-refractivity contribution < 1.29 is 13.2 Å². The van der Waals surface area contributed by atoms with E-state index in [9.17, 15) is 13.2 Å². The molecule has 1 atom stereocenters. The summed E-state index contributed by atoms with van der Waals surface area (Å²) in [6.45, 7) is 3.94. The molecule has 0 aromatic carbocycles. The molecule has 0 heterocycles. The first-order chi connectivity index (χ1) is 12.0. The highest BCUT2D eigenvalue weighted by molar-refractivity contribution is 7.92. The van der Waals surface area contributed by atoms with Crippen molar-refractivity contribution in [3.63, 3.8) is 0 Å². The summed E-state index contributed by atoms with van der Waals surface area (Å²) >= 11 is 5.38. The van der Waals surface area contributed by atoms with Crippen LogP contribution in [0.5, 0.6) is 0 Å². The number of carbonyl (C=O) groups excluding carboxylic acids is 1. The lowest BCUT2D eigenvalue weighted by Crippen LogP contribution is -2.28. The molecule has 0 aromatic rings. The SMILES string of the molecule is CCCCCCCCCCCCCCCCS(=O)(=O)C(CC)C(=O)Cl. The molecule has 0 saturated heterocycles. The summed E-state index contributed by atoms with van der Waals surface area (Å²) in [7, 11) is -3.37. The Morgan fingerprint density at radius 2 is 1.08 bits per heavy atom. The summed E-state index contributed by atoms with van der Waals surface area (Å²) in [5.41, 5.74) is 0. The van der Waals surface area contributed by atoms with Crippen molar-refractivity contribution in [1.29, 1.82) is 0 Å². The Bertz CT molecular complexity index is 421. The predicted molar refractivity (Wildman–Crippen MR) is 109 cm³/mol. The smallest absolute Gasteiger partial charge is 0.239 e. The lowest BCUT2D eigenvalue weighted by Gasteiger charge is -2.11. The molecule has 0 bridgehead atoms. The zero-order valence-corrected chi connectivity index (χ0v) is 18.0. The third-order valence-corrected chi connectivity index (χ3v) is 7.50. The third kappa shape index (κ3) is 13.7. The van der Waals surface area contributed by atoms with Gasteiger partial charge in [0.05, 0.1) is 5.75 Å². The van der Waals surface area contributed by atoms with Crippen molar-refractivity contribution in [3.8, 4) is 0 Å². The number of unbranched alkanes of at least 4 members (excludes halogenated alkanes) is 13. The van der Waals surface area contributed by atoms with Crippen molar-refractivity contribution in [3.05, 3.63) is 0 Å². The van der Waals surface area contributed by atoms with Crippen molar-refractivity contribution >= 4 is 26.7 Å². The van der Waals surface area contributed by atoms with Gasteiger partial charge in [0.2, 0.25) is 5.24 Å². The van der Waals surface area contributed by atoms with Crippen LogP contribution in [0.2, 0.25) is 0 Å². The van der Waals surface area contributed by atoms with Gasteiger partial charge in [-0.05, 0) is 24.4 Å². The van der Waals surface area contributed by atoms with Gasteiger partial charge in [-0.15, -0.1) is 0 Å². The van der Waals surface area contributed by atoms with Gasteiger partial charge >= 0.3 is 0 Å². The molecule has 0 N–H and O–H groups in total. The molecule has 0 aliphatic rings. The van der Waals surface area contributed by atoms with Crippen LogP contribution in [0.3, 0.4) is 0 Å². The molecule has 0 aliphatic heterocycles. The molecule has 0 rings (SSSR count). The molecule has 0 radical (unpaired) electrons. The molecule has 150 valence electrons. The Labute approximate surface area is 161 Å². The highest BCUT2D eigenvalue weighted by Crippen LogP contribution is 2.15. The maximum Gasteiger partial charge on any atom is 0.239 e. The number of carbonyl (C=O) groups is 1. The van der Waals surface area contributed by atoms with E-state index in [1.54, 1.807) is 6.92 Å². The zero-order valence-electron chi connectivity index (χ0n) is 16.4. The van der Waals surface area contributed by atoms with Crippen LogP contribution in [0, 0.1) is 0 Å². The van der Waals surface area contributed by atoms with Crippen LogP contribution in [0.1, 0.15) is 110 Å². The van der Waals surface area contributed by atoms with Crippen LogP contribution < -0.4 is 0 Å². The topological polar surface area (TPSA) is 51.2 Å². The van der Waals surface area contributed by atoms with E-state index in [2.05, 4.69) is 6.92 Å². The Balaban J connectivity index is 3.46. The van der Waals surface area contributed by atoms with Gasteiger partial charge < -0.3 is 0 Å². The first kappa shape index (κ1) is 24.9. The minimum Gasteiger partial charge on any atom is -0.280 e. The molecule has 0 amide bonds. The standard InChI is InChI=1S/C20H39ClO3S/c1-3-5-6-7-8-9-10-11-12-13-14-15-16-17-18-25(23,24)19(4-2)20(21)22/h19H,3-18H2,1-2H3. The van der Waals surface area contributed by atoms with Gasteiger partial charge in [-0.2, -0.15) is 0 Å². The highest BCUT2D eigenvalue weighted by atomic mass is 35.5. The van der Waals surface area contributed by atoms with Crippen LogP contribution in [-0.2, 0) is 14.6 Å². The lowest BCUT2D eigenvalue weighted by molar-refractivity contribution is -0.111. The largest absolute Gasteiger partial charge is 0.280 e. The third-order valence-electron chi connectivity index (χ3n) is 4.84. The second-order valence-corrected chi connectivity index (χ2v) is 9.84. The zero-order chi connectivity index (χ0) is 19.0. The molecule has 0 saturated carbocycles. The Hall–Kier alpha value is -0.0900. The Kier molecular flexibility index (Phi) is 16.1. The van der Waals surface area contributed by atoms with Crippen molar-refractivity contribution in [2.24, 2.45) is 0 Å².